The normalized spacial score (nSPS) is 21.4. The van der Waals surface area contributed by atoms with E-state index in [-0.39, 0.29) is 5.91 Å². The molecule has 6 nitrogen and oxygen atoms in total. The number of rotatable bonds is 5. The average molecular weight is 360 g/mol. The van der Waals surface area contributed by atoms with Crippen LogP contribution in [0.5, 0.6) is 0 Å². The number of aromatic nitrogens is 2. The molecule has 2 aromatic rings. The molecule has 1 atom stereocenters. The molecular formula is C18H24N4O2S. The van der Waals surface area contributed by atoms with Gasteiger partial charge < -0.3 is 14.7 Å². The largest absolute Gasteiger partial charge is 0.361 e. The van der Waals surface area contributed by atoms with Gasteiger partial charge in [-0.15, -0.1) is 11.3 Å². The number of nitrogens with one attached hydrogen (secondary N) is 1. The van der Waals surface area contributed by atoms with Crippen LogP contribution in [0.2, 0.25) is 0 Å². The zero-order valence-corrected chi connectivity index (χ0v) is 15.6. The quantitative estimate of drug-likeness (QED) is 0.887. The Morgan fingerprint density at radius 1 is 1.44 bits per heavy atom. The lowest BCUT2D eigenvalue weighted by atomic mass is 9.93. The lowest BCUT2D eigenvalue weighted by molar-refractivity contribution is -0.132. The van der Waals surface area contributed by atoms with Crippen LogP contribution in [-0.2, 0) is 17.8 Å². The molecule has 134 valence electrons. The van der Waals surface area contributed by atoms with E-state index in [4.69, 9.17) is 4.52 Å². The number of amides is 1. The summed E-state index contributed by atoms with van der Waals surface area (Å²) in [5.74, 6) is 0.900. The first kappa shape index (κ1) is 16.7. The molecule has 1 saturated heterocycles. The lowest BCUT2D eigenvalue weighted by Crippen LogP contribution is -2.39. The van der Waals surface area contributed by atoms with E-state index in [1.165, 1.54) is 0 Å². The molecule has 1 spiro atoms. The molecule has 1 unspecified atom stereocenters. The van der Waals surface area contributed by atoms with E-state index in [0.717, 1.165) is 54.4 Å². The molecular weight excluding hydrogens is 336 g/mol. The standard InChI is InChI=1S/C18H24N4O2S/c1-12-14(13(2)24-21-12)9-17(23)22(11-16-20-7-8-25-16)15-10-18(15)3-5-19-6-4-18/h7-8,15,19H,3-6,9-11H2,1-2H3. The Bertz CT molecular complexity index is 730. The fraction of sp³-hybridized carbons (Fsp3) is 0.611. The SMILES string of the molecule is Cc1noc(C)c1CC(=O)N(Cc1nccs1)C1CC12CCNCC2. The van der Waals surface area contributed by atoms with Crippen LogP contribution >= 0.6 is 11.3 Å². The maximum absolute atomic E-state index is 13.2. The highest BCUT2D eigenvalue weighted by Gasteiger charge is 2.57. The summed E-state index contributed by atoms with van der Waals surface area (Å²) in [5.41, 5.74) is 2.05. The molecule has 2 aromatic heterocycles. The fourth-order valence-electron chi connectivity index (χ4n) is 4.08. The lowest BCUT2D eigenvalue weighted by Gasteiger charge is -2.29. The van der Waals surface area contributed by atoms with Crippen LogP contribution in [-0.4, -0.2) is 40.1 Å². The van der Waals surface area contributed by atoms with Gasteiger partial charge in [0.15, 0.2) is 0 Å². The minimum Gasteiger partial charge on any atom is -0.361 e. The van der Waals surface area contributed by atoms with Crippen molar-refractivity contribution in [2.75, 3.05) is 13.1 Å². The van der Waals surface area contributed by atoms with Gasteiger partial charge in [-0.25, -0.2) is 4.98 Å². The molecule has 0 bridgehead atoms. The van der Waals surface area contributed by atoms with Gasteiger partial charge in [-0.3, -0.25) is 4.79 Å². The van der Waals surface area contributed by atoms with Crippen LogP contribution in [0.4, 0.5) is 0 Å². The Labute approximate surface area is 151 Å². The van der Waals surface area contributed by atoms with E-state index in [0.29, 0.717) is 24.4 Å². The Morgan fingerprint density at radius 3 is 2.88 bits per heavy atom. The second kappa shape index (κ2) is 6.53. The third-order valence-corrected chi connectivity index (χ3v) is 6.51. The van der Waals surface area contributed by atoms with Crippen molar-refractivity contribution in [3.8, 4) is 0 Å². The highest BCUT2D eigenvalue weighted by molar-refractivity contribution is 7.09. The maximum atomic E-state index is 13.2. The van der Waals surface area contributed by atoms with Gasteiger partial charge in [0.1, 0.15) is 10.8 Å². The fourth-order valence-corrected chi connectivity index (χ4v) is 4.70. The van der Waals surface area contributed by atoms with Crippen molar-refractivity contribution in [2.45, 2.75) is 52.1 Å². The highest BCUT2D eigenvalue weighted by atomic mass is 32.1. The van der Waals surface area contributed by atoms with Gasteiger partial charge in [0.25, 0.3) is 0 Å². The van der Waals surface area contributed by atoms with Gasteiger partial charge in [-0.2, -0.15) is 0 Å². The molecule has 4 rings (SSSR count). The summed E-state index contributed by atoms with van der Waals surface area (Å²) in [5, 5.41) is 10.4. The number of aryl methyl sites for hydroxylation is 2. The number of thiazole rings is 1. The van der Waals surface area contributed by atoms with Crippen LogP contribution in [0.3, 0.4) is 0 Å². The summed E-state index contributed by atoms with van der Waals surface area (Å²) in [6, 6.07) is 0.339. The number of carbonyl (C=O) groups is 1. The Kier molecular flexibility index (Phi) is 4.37. The molecule has 1 aliphatic carbocycles. The number of carbonyl (C=O) groups excluding carboxylic acids is 1. The van der Waals surface area contributed by atoms with Gasteiger partial charge in [-0.05, 0) is 51.6 Å². The highest BCUT2D eigenvalue weighted by Crippen LogP contribution is 2.56. The summed E-state index contributed by atoms with van der Waals surface area (Å²) < 4.78 is 5.23. The average Bonchev–Trinajstić information content (AvgIpc) is 2.96. The van der Waals surface area contributed by atoms with Crippen molar-refractivity contribution in [3.63, 3.8) is 0 Å². The van der Waals surface area contributed by atoms with Gasteiger partial charge >= 0.3 is 0 Å². The van der Waals surface area contributed by atoms with Crippen molar-refractivity contribution < 1.29 is 9.32 Å². The Morgan fingerprint density at radius 2 is 2.24 bits per heavy atom. The summed E-state index contributed by atoms with van der Waals surface area (Å²) >= 11 is 1.61. The third-order valence-electron chi connectivity index (χ3n) is 5.74. The third kappa shape index (κ3) is 3.22. The topological polar surface area (TPSA) is 71.3 Å². The first-order chi connectivity index (χ1) is 12.1. The van der Waals surface area contributed by atoms with Crippen molar-refractivity contribution in [1.82, 2.24) is 20.4 Å². The molecule has 25 heavy (non-hydrogen) atoms. The van der Waals surface area contributed by atoms with Gasteiger partial charge in [0.05, 0.1) is 18.7 Å². The first-order valence-electron chi connectivity index (χ1n) is 8.89. The van der Waals surface area contributed by atoms with Crippen LogP contribution < -0.4 is 5.32 Å². The molecule has 2 fully saturated rings. The summed E-state index contributed by atoms with van der Waals surface area (Å²) in [7, 11) is 0. The second-order valence-corrected chi connectivity index (χ2v) is 8.24. The molecule has 1 amide bonds. The molecule has 3 heterocycles. The monoisotopic (exact) mass is 360 g/mol. The van der Waals surface area contributed by atoms with Crippen LogP contribution in [0.1, 0.15) is 41.3 Å². The predicted molar refractivity (Wildman–Crippen MR) is 95.3 cm³/mol. The summed E-state index contributed by atoms with van der Waals surface area (Å²) in [6.45, 7) is 6.49. The van der Waals surface area contributed by atoms with Crippen molar-refractivity contribution in [1.29, 1.82) is 0 Å². The summed E-state index contributed by atoms with van der Waals surface area (Å²) in [4.78, 5) is 19.6. The van der Waals surface area contributed by atoms with Crippen molar-refractivity contribution in [2.24, 2.45) is 5.41 Å². The van der Waals surface area contributed by atoms with E-state index >= 15 is 0 Å². The molecule has 0 radical (unpaired) electrons. The van der Waals surface area contributed by atoms with Gasteiger partial charge in [0, 0.05) is 23.2 Å². The number of hydrogen-bond donors (Lipinski definition) is 1. The zero-order valence-electron chi connectivity index (χ0n) is 14.7. The molecule has 1 saturated carbocycles. The van der Waals surface area contributed by atoms with E-state index in [2.05, 4.69) is 20.4 Å². The van der Waals surface area contributed by atoms with Crippen LogP contribution in [0.15, 0.2) is 16.1 Å². The molecule has 2 aliphatic rings. The number of piperidine rings is 1. The smallest absolute Gasteiger partial charge is 0.227 e. The maximum Gasteiger partial charge on any atom is 0.227 e. The number of hydrogen-bond acceptors (Lipinski definition) is 6. The summed E-state index contributed by atoms with van der Waals surface area (Å²) in [6.07, 6.45) is 5.60. The van der Waals surface area contributed by atoms with Crippen LogP contribution in [0, 0.1) is 19.3 Å². The van der Waals surface area contributed by atoms with E-state index in [1.807, 2.05) is 25.4 Å². The first-order valence-corrected chi connectivity index (χ1v) is 9.77. The van der Waals surface area contributed by atoms with Crippen molar-refractivity contribution >= 4 is 17.2 Å². The van der Waals surface area contributed by atoms with Crippen LogP contribution in [0.25, 0.3) is 0 Å². The molecule has 1 aliphatic heterocycles. The number of nitrogens with zero attached hydrogens (tertiary/aromatic N) is 3. The minimum absolute atomic E-state index is 0.157. The molecule has 0 aromatic carbocycles. The molecule has 1 N–H and O–H groups in total. The molecule has 7 heteroatoms. The van der Waals surface area contributed by atoms with Gasteiger partial charge in [0.2, 0.25) is 5.91 Å². The second-order valence-electron chi connectivity index (χ2n) is 7.26. The Balaban J connectivity index is 1.54. The van der Waals surface area contributed by atoms with E-state index in [9.17, 15) is 4.79 Å². The minimum atomic E-state index is 0.157. The Hall–Kier alpha value is -1.73. The van der Waals surface area contributed by atoms with E-state index < -0.39 is 0 Å². The van der Waals surface area contributed by atoms with Gasteiger partial charge in [-0.1, -0.05) is 5.16 Å². The predicted octanol–water partition coefficient (Wildman–Crippen LogP) is 2.46. The van der Waals surface area contributed by atoms with Crippen molar-refractivity contribution in [3.05, 3.63) is 33.6 Å². The zero-order chi connectivity index (χ0) is 17.4. The van der Waals surface area contributed by atoms with E-state index in [1.54, 1.807) is 11.3 Å².